The number of hydrogen-bond acceptors (Lipinski definition) is 6. The number of para-hydroxylation sites is 1. The van der Waals surface area contributed by atoms with E-state index in [4.69, 9.17) is 8.83 Å². The topological polar surface area (TPSA) is 113 Å². The molecule has 1 atom stereocenters. The van der Waals surface area contributed by atoms with Crippen LogP contribution in [0.15, 0.2) is 93.2 Å². The molecule has 0 saturated carbocycles. The number of benzene rings is 2. The highest BCUT2D eigenvalue weighted by atomic mass is 16.3. The lowest BCUT2D eigenvalue weighted by Crippen LogP contribution is -2.30. The minimum atomic E-state index is -1.00. The second kappa shape index (κ2) is 7.83. The zero-order valence-corrected chi connectivity index (χ0v) is 17.4. The number of ketones is 1. The summed E-state index contributed by atoms with van der Waals surface area (Å²) in [5.74, 6) is -1.96. The Bertz CT molecular complexity index is 1380. The van der Waals surface area contributed by atoms with Gasteiger partial charge in [0.1, 0.15) is 17.4 Å². The van der Waals surface area contributed by atoms with Gasteiger partial charge in [-0.25, -0.2) is 0 Å². The van der Waals surface area contributed by atoms with Gasteiger partial charge >= 0.3 is 0 Å². The fraction of sp³-hybridized carbons (Fsp3) is 0.0800. The van der Waals surface area contributed by atoms with Gasteiger partial charge in [-0.05, 0) is 48.5 Å². The van der Waals surface area contributed by atoms with Crippen LogP contribution in [-0.2, 0) is 9.59 Å². The van der Waals surface area contributed by atoms with Crippen molar-refractivity contribution in [3.05, 3.63) is 95.8 Å². The van der Waals surface area contributed by atoms with E-state index in [9.17, 15) is 19.5 Å². The molecular formula is C25H18N2O6. The van der Waals surface area contributed by atoms with E-state index in [2.05, 4.69) is 5.32 Å². The number of furan rings is 2. The predicted molar refractivity (Wildman–Crippen MR) is 120 cm³/mol. The lowest BCUT2D eigenvalue weighted by Gasteiger charge is -2.25. The number of rotatable bonds is 5. The van der Waals surface area contributed by atoms with Gasteiger partial charge in [0.2, 0.25) is 11.7 Å². The van der Waals surface area contributed by atoms with Crippen molar-refractivity contribution in [3.63, 3.8) is 0 Å². The second-order valence-electron chi connectivity index (χ2n) is 7.56. The van der Waals surface area contributed by atoms with Crippen LogP contribution in [0.3, 0.4) is 0 Å². The van der Waals surface area contributed by atoms with Crippen LogP contribution in [0.1, 0.15) is 29.3 Å². The maximum absolute atomic E-state index is 13.5. The summed E-state index contributed by atoms with van der Waals surface area (Å²) in [6, 6.07) is 17.4. The number of aliphatic hydroxyl groups is 1. The maximum atomic E-state index is 13.5. The van der Waals surface area contributed by atoms with Gasteiger partial charge in [0.05, 0.1) is 11.8 Å². The molecule has 164 valence electrons. The summed E-state index contributed by atoms with van der Waals surface area (Å²) in [7, 11) is 0. The van der Waals surface area contributed by atoms with Gasteiger partial charge in [0.25, 0.3) is 5.91 Å². The van der Waals surface area contributed by atoms with Crippen LogP contribution in [0.4, 0.5) is 11.4 Å². The lowest BCUT2D eigenvalue weighted by molar-refractivity contribution is -0.117. The van der Waals surface area contributed by atoms with E-state index >= 15 is 0 Å². The van der Waals surface area contributed by atoms with Crippen LogP contribution < -0.4 is 10.2 Å². The number of carbonyl (C=O) groups is 3. The molecule has 1 aliphatic rings. The van der Waals surface area contributed by atoms with Crippen LogP contribution in [0.25, 0.3) is 11.0 Å². The van der Waals surface area contributed by atoms with Gasteiger partial charge in [-0.3, -0.25) is 19.3 Å². The number of nitrogens with one attached hydrogen (secondary N) is 1. The molecule has 0 fully saturated rings. The molecule has 0 saturated heterocycles. The monoisotopic (exact) mass is 442 g/mol. The molecule has 8 nitrogen and oxygen atoms in total. The van der Waals surface area contributed by atoms with Crippen molar-refractivity contribution in [1.29, 1.82) is 0 Å². The fourth-order valence-corrected chi connectivity index (χ4v) is 3.95. The molecule has 2 N–H and O–H groups in total. The Morgan fingerprint density at radius 1 is 1.03 bits per heavy atom. The van der Waals surface area contributed by atoms with Crippen molar-refractivity contribution in [2.24, 2.45) is 0 Å². The number of aliphatic hydroxyl groups excluding tert-OH is 1. The third-order valence-electron chi connectivity index (χ3n) is 5.38. The summed E-state index contributed by atoms with van der Waals surface area (Å²) in [5, 5.41) is 14.1. The number of nitrogens with zero attached hydrogens (tertiary/aromatic N) is 1. The Morgan fingerprint density at radius 3 is 2.45 bits per heavy atom. The SMILES string of the molecule is CC(=O)Nc1ccc(N2C(=O)C(O)=C(C(=O)c3cc4ccccc4o3)C2c2ccco2)cc1. The van der Waals surface area contributed by atoms with Crippen molar-refractivity contribution in [3.8, 4) is 0 Å². The molecule has 2 aromatic heterocycles. The first kappa shape index (κ1) is 20.3. The summed E-state index contributed by atoms with van der Waals surface area (Å²) in [5.41, 5.74) is 1.34. The van der Waals surface area contributed by atoms with Crippen molar-refractivity contribution >= 4 is 39.9 Å². The molecule has 1 aliphatic heterocycles. The molecule has 4 aromatic rings. The molecule has 2 aromatic carbocycles. The van der Waals surface area contributed by atoms with E-state index in [-0.39, 0.29) is 17.2 Å². The number of anilines is 2. The summed E-state index contributed by atoms with van der Waals surface area (Å²) >= 11 is 0. The standard InChI is InChI=1S/C25H18N2O6/c1-14(28)26-16-8-10-17(11-9-16)27-22(19-7-4-12-32-19)21(24(30)25(27)31)23(29)20-13-15-5-2-3-6-18(15)33-20/h2-13,22,30H,1H3,(H,26,28). The number of hydrogen-bond donors (Lipinski definition) is 2. The van der Waals surface area contributed by atoms with Crippen molar-refractivity contribution in [2.45, 2.75) is 13.0 Å². The van der Waals surface area contributed by atoms with Gasteiger partial charge in [-0.15, -0.1) is 0 Å². The maximum Gasteiger partial charge on any atom is 0.294 e. The quantitative estimate of drug-likeness (QED) is 0.431. The van der Waals surface area contributed by atoms with E-state index < -0.39 is 23.5 Å². The number of carbonyl (C=O) groups excluding carboxylic acids is 3. The largest absolute Gasteiger partial charge is 0.503 e. The van der Waals surface area contributed by atoms with E-state index in [0.29, 0.717) is 22.7 Å². The normalized spacial score (nSPS) is 16.0. The third-order valence-corrected chi connectivity index (χ3v) is 5.38. The van der Waals surface area contributed by atoms with Gasteiger partial charge in [0, 0.05) is 23.7 Å². The number of fused-ring (bicyclic) bond motifs is 1. The molecule has 0 spiro atoms. The summed E-state index contributed by atoms with van der Waals surface area (Å²) in [6.07, 6.45) is 1.43. The molecule has 2 amide bonds. The van der Waals surface area contributed by atoms with Crippen LogP contribution >= 0.6 is 0 Å². The third kappa shape index (κ3) is 3.47. The Morgan fingerprint density at radius 2 is 1.79 bits per heavy atom. The molecule has 0 aliphatic carbocycles. The summed E-state index contributed by atoms with van der Waals surface area (Å²) in [4.78, 5) is 39.1. The van der Waals surface area contributed by atoms with Gasteiger partial charge in [-0.1, -0.05) is 18.2 Å². The van der Waals surface area contributed by atoms with Crippen LogP contribution in [0, 0.1) is 0 Å². The zero-order chi connectivity index (χ0) is 23.1. The van der Waals surface area contributed by atoms with Crippen LogP contribution in [0.2, 0.25) is 0 Å². The van der Waals surface area contributed by atoms with Gasteiger partial charge in [0.15, 0.2) is 11.5 Å². The average molecular weight is 442 g/mol. The van der Waals surface area contributed by atoms with Crippen molar-refractivity contribution < 1.29 is 28.3 Å². The first-order valence-corrected chi connectivity index (χ1v) is 10.1. The average Bonchev–Trinajstić information content (AvgIpc) is 3.53. The zero-order valence-electron chi connectivity index (χ0n) is 17.4. The predicted octanol–water partition coefficient (Wildman–Crippen LogP) is 4.77. The molecule has 33 heavy (non-hydrogen) atoms. The van der Waals surface area contributed by atoms with E-state index in [0.717, 1.165) is 5.39 Å². The molecule has 5 rings (SSSR count). The smallest absolute Gasteiger partial charge is 0.294 e. The van der Waals surface area contributed by atoms with Gasteiger partial charge < -0.3 is 19.3 Å². The Hall–Kier alpha value is -4.59. The van der Waals surface area contributed by atoms with Gasteiger partial charge in [-0.2, -0.15) is 0 Å². The van der Waals surface area contributed by atoms with Crippen LogP contribution in [0.5, 0.6) is 0 Å². The second-order valence-corrected chi connectivity index (χ2v) is 7.56. The highest BCUT2D eigenvalue weighted by molar-refractivity contribution is 6.20. The summed E-state index contributed by atoms with van der Waals surface area (Å²) in [6.45, 7) is 1.39. The van der Waals surface area contributed by atoms with E-state index in [1.165, 1.54) is 18.1 Å². The highest BCUT2D eigenvalue weighted by Gasteiger charge is 2.46. The molecule has 0 radical (unpaired) electrons. The minimum absolute atomic E-state index is 0.00459. The first-order chi connectivity index (χ1) is 15.9. The Balaban J connectivity index is 1.58. The molecular weight excluding hydrogens is 424 g/mol. The first-order valence-electron chi connectivity index (χ1n) is 10.1. The van der Waals surface area contributed by atoms with Crippen molar-refractivity contribution in [2.75, 3.05) is 10.2 Å². The highest BCUT2D eigenvalue weighted by Crippen LogP contribution is 2.42. The molecule has 3 heterocycles. The number of amides is 2. The minimum Gasteiger partial charge on any atom is -0.503 e. The molecule has 8 heteroatoms. The summed E-state index contributed by atoms with van der Waals surface area (Å²) < 4.78 is 11.2. The molecule has 0 bridgehead atoms. The lowest BCUT2D eigenvalue weighted by atomic mass is 9.99. The van der Waals surface area contributed by atoms with E-state index in [1.807, 2.05) is 6.07 Å². The fourth-order valence-electron chi connectivity index (χ4n) is 3.95. The van der Waals surface area contributed by atoms with Crippen molar-refractivity contribution in [1.82, 2.24) is 0 Å². The Kier molecular flexibility index (Phi) is 4.82. The molecule has 1 unspecified atom stereocenters. The van der Waals surface area contributed by atoms with Crippen LogP contribution in [-0.4, -0.2) is 22.7 Å². The van der Waals surface area contributed by atoms with E-state index in [1.54, 1.807) is 60.7 Å². The number of Topliss-reactive ketones (excluding diaryl/α,β-unsaturated/α-hetero) is 1. The Labute approximate surface area is 187 Å².